The summed E-state index contributed by atoms with van der Waals surface area (Å²) in [5.74, 6) is -0.222. The molecular weight excluding hydrogens is 424 g/mol. The summed E-state index contributed by atoms with van der Waals surface area (Å²) < 4.78 is 11.2. The molecule has 13 heteroatoms. The van der Waals surface area contributed by atoms with Gasteiger partial charge in [-0.25, -0.2) is 10.1 Å². The lowest BCUT2D eigenvalue weighted by Crippen LogP contribution is -2.19. The van der Waals surface area contributed by atoms with Crippen LogP contribution in [0.5, 0.6) is 11.5 Å². The van der Waals surface area contributed by atoms with Crippen LogP contribution in [-0.2, 0) is 0 Å². The average Bonchev–Trinajstić information content (AvgIpc) is 3.22. The first-order chi connectivity index (χ1) is 12.9. The van der Waals surface area contributed by atoms with Crippen LogP contribution in [0.25, 0.3) is 5.82 Å². The van der Waals surface area contributed by atoms with Gasteiger partial charge in [0.05, 0.1) is 23.5 Å². The smallest absolute Gasteiger partial charge is 0.293 e. The number of aromatic hydroxyl groups is 1. The second-order valence-corrected chi connectivity index (χ2v) is 6.02. The number of carbonyl (C=O) groups is 1. The van der Waals surface area contributed by atoms with Crippen LogP contribution >= 0.6 is 15.9 Å². The van der Waals surface area contributed by atoms with E-state index in [0.717, 1.165) is 0 Å². The fourth-order valence-corrected chi connectivity index (χ4v) is 2.58. The number of phenolic OH excluding ortho intramolecular Hbond substituents is 1. The largest absolute Gasteiger partial charge is 0.503 e. The Hall–Kier alpha value is -3.48. The van der Waals surface area contributed by atoms with E-state index < -0.39 is 5.91 Å². The van der Waals surface area contributed by atoms with Crippen LogP contribution in [0.15, 0.2) is 26.3 Å². The van der Waals surface area contributed by atoms with Gasteiger partial charge >= 0.3 is 0 Å². The van der Waals surface area contributed by atoms with Gasteiger partial charge in [0.2, 0.25) is 11.6 Å². The molecule has 3 aromatic rings. The van der Waals surface area contributed by atoms with Crippen molar-refractivity contribution in [2.45, 2.75) is 6.92 Å². The third kappa shape index (κ3) is 3.57. The third-order valence-corrected chi connectivity index (χ3v) is 4.06. The maximum atomic E-state index is 12.3. The van der Waals surface area contributed by atoms with Crippen molar-refractivity contribution in [2.75, 3.05) is 12.8 Å². The lowest BCUT2D eigenvalue weighted by molar-refractivity contribution is 0.0949. The number of anilines is 1. The SMILES string of the molecule is COc1cc(/C=N\NC(=O)c2nnn(-c3nonc3N)c2C)cc(Br)c1O. The van der Waals surface area contributed by atoms with Crippen molar-refractivity contribution >= 4 is 33.9 Å². The molecule has 1 aromatic carbocycles. The summed E-state index contributed by atoms with van der Waals surface area (Å²) in [5.41, 5.74) is 8.93. The van der Waals surface area contributed by atoms with Gasteiger partial charge in [-0.05, 0) is 50.9 Å². The first kappa shape index (κ1) is 18.3. The van der Waals surface area contributed by atoms with E-state index in [-0.39, 0.29) is 28.8 Å². The van der Waals surface area contributed by atoms with Gasteiger partial charge in [-0.3, -0.25) is 4.79 Å². The van der Waals surface area contributed by atoms with E-state index in [1.54, 1.807) is 19.1 Å². The summed E-state index contributed by atoms with van der Waals surface area (Å²) in [6.07, 6.45) is 1.38. The Kier molecular flexibility index (Phi) is 5.03. The number of aromatic nitrogens is 5. The number of rotatable bonds is 5. The molecule has 0 spiro atoms. The predicted octanol–water partition coefficient (Wildman–Crippen LogP) is 0.782. The van der Waals surface area contributed by atoms with E-state index in [9.17, 15) is 9.90 Å². The highest BCUT2D eigenvalue weighted by molar-refractivity contribution is 9.10. The molecule has 0 fully saturated rings. The van der Waals surface area contributed by atoms with Crippen LogP contribution in [0.2, 0.25) is 0 Å². The molecule has 0 aliphatic heterocycles. The number of methoxy groups -OCH3 is 1. The standard InChI is InChI=1S/C14H13BrN8O4/c1-6-10(18-22-23(6)13-12(16)20-27-21-13)14(25)19-17-5-7-3-8(15)11(24)9(4-7)26-2/h3-5,24H,1-2H3,(H2,16,20)(H,19,25)/b17-5-. The molecule has 0 radical (unpaired) electrons. The minimum Gasteiger partial charge on any atom is -0.503 e. The first-order valence-corrected chi connectivity index (χ1v) is 8.12. The van der Waals surface area contributed by atoms with Crippen molar-refractivity contribution in [1.29, 1.82) is 0 Å². The molecule has 27 heavy (non-hydrogen) atoms. The minimum atomic E-state index is -0.588. The maximum absolute atomic E-state index is 12.3. The van der Waals surface area contributed by atoms with Gasteiger partial charge in [0.1, 0.15) is 0 Å². The fourth-order valence-electron chi connectivity index (χ4n) is 2.12. The highest BCUT2D eigenvalue weighted by Gasteiger charge is 2.20. The maximum Gasteiger partial charge on any atom is 0.293 e. The summed E-state index contributed by atoms with van der Waals surface area (Å²) >= 11 is 3.20. The number of hydrogen-bond acceptors (Lipinski definition) is 10. The lowest BCUT2D eigenvalue weighted by atomic mass is 10.2. The second-order valence-electron chi connectivity index (χ2n) is 5.16. The predicted molar refractivity (Wildman–Crippen MR) is 95.8 cm³/mol. The average molecular weight is 437 g/mol. The highest BCUT2D eigenvalue weighted by Crippen LogP contribution is 2.34. The van der Waals surface area contributed by atoms with E-state index in [1.807, 2.05) is 0 Å². The van der Waals surface area contributed by atoms with Crippen molar-refractivity contribution in [3.63, 3.8) is 0 Å². The van der Waals surface area contributed by atoms with Crippen LogP contribution in [0.4, 0.5) is 5.82 Å². The van der Waals surface area contributed by atoms with E-state index in [0.29, 0.717) is 15.7 Å². The molecule has 0 saturated heterocycles. The monoisotopic (exact) mass is 436 g/mol. The normalized spacial score (nSPS) is 11.1. The Morgan fingerprint density at radius 3 is 2.93 bits per heavy atom. The molecule has 0 atom stereocenters. The topological polar surface area (TPSA) is 167 Å². The number of phenols is 1. The molecule has 140 valence electrons. The number of halogens is 1. The number of hydrogen-bond donors (Lipinski definition) is 3. The molecule has 2 aromatic heterocycles. The van der Waals surface area contributed by atoms with E-state index in [4.69, 9.17) is 10.5 Å². The fraction of sp³-hybridized carbons (Fsp3) is 0.143. The number of benzene rings is 1. The summed E-state index contributed by atoms with van der Waals surface area (Å²) in [4.78, 5) is 12.3. The van der Waals surface area contributed by atoms with Crippen molar-refractivity contribution in [3.05, 3.63) is 33.6 Å². The van der Waals surface area contributed by atoms with Crippen LogP contribution in [0.3, 0.4) is 0 Å². The van der Waals surface area contributed by atoms with Gasteiger partial charge in [0.15, 0.2) is 17.2 Å². The lowest BCUT2D eigenvalue weighted by Gasteiger charge is -2.06. The van der Waals surface area contributed by atoms with Gasteiger partial charge in [-0.15, -0.1) is 5.10 Å². The number of nitrogens with zero attached hydrogens (tertiary/aromatic N) is 6. The highest BCUT2D eigenvalue weighted by atomic mass is 79.9. The van der Waals surface area contributed by atoms with Gasteiger partial charge in [-0.2, -0.15) is 9.78 Å². The van der Waals surface area contributed by atoms with Crippen LogP contribution in [0.1, 0.15) is 21.7 Å². The molecular formula is C14H13BrN8O4. The zero-order valence-corrected chi connectivity index (χ0v) is 15.6. The van der Waals surface area contributed by atoms with Gasteiger partial charge in [0.25, 0.3) is 5.91 Å². The van der Waals surface area contributed by atoms with Gasteiger partial charge in [-0.1, -0.05) is 5.21 Å². The molecule has 3 rings (SSSR count). The van der Waals surface area contributed by atoms with Crippen LogP contribution in [-0.4, -0.2) is 49.6 Å². The van der Waals surface area contributed by atoms with Crippen LogP contribution < -0.4 is 15.9 Å². The Bertz CT molecular complexity index is 1030. The third-order valence-electron chi connectivity index (χ3n) is 3.46. The quantitative estimate of drug-likeness (QED) is 0.386. The Labute approximate surface area is 160 Å². The number of amides is 1. The minimum absolute atomic E-state index is 0.0137. The molecule has 0 aliphatic carbocycles. The Morgan fingerprint density at radius 1 is 1.48 bits per heavy atom. The number of nitrogens with one attached hydrogen (secondary N) is 1. The van der Waals surface area contributed by atoms with Gasteiger partial charge < -0.3 is 15.6 Å². The molecule has 0 bridgehead atoms. The second kappa shape index (κ2) is 7.41. The van der Waals surface area contributed by atoms with Crippen molar-refractivity contribution in [2.24, 2.45) is 5.10 Å². The first-order valence-electron chi connectivity index (χ1n) is 7.33. The number of nitrogen functional groups attached to an aromatic ring is 1. The summed E-state index contributed by atoms with van der Waals surface area (Å²) in [6.45, 7) is 1.61. The zero-order chi connectivity index (χ0) is 19.6. The zero-order valence-electron chi connectivity index (χ0n) is 14.0. The molecule has 0 unspecified atom stereocenters. The Morgan fingerprint density at radius 2 is 2.26 bits per heavy atom. The molecule has 4 N–H and O–H groups in total. The Balaban J connectivity index is 1.75. The van der Waals surface area contributed by atoms with E-state index >= 15 is 0 Å². The number of carbonyl (C=O) groups excluding carboxylic acids is 1. The molecule has 2 heterocycles. The summed E-state index contributed by atoms with van der Waals surface area (Å²) in [5, 5.41) is 28.3. The van der Waals surface area contributed by atoms with E-state index in [2.05, 4.69) is 51.7 Å². The van der Waals surface area contributed by atoms with Gasteiger partial charge in [0, 0.05) is 0 Å². The number of hydrazone groups is 1. The van der Waals surface area contributed by atoms with Crippen molar-refractivity contribution in [1.82, 2.24) is 30.7 Å². The number of nitrogens with two attached hydrogens (primary N) is 1. The number of ether oxygens (including phenoxy) is 1. The molecule has 0 aliphatic rings. The van der Waals surface area contributed by atoms with Crippen molar-refractivity contribution < 1.29 is 19.3 Å². The van der Waals surface area contributed by atoms with E-state index in [1.165, 1.54) is 18.0 Å². The molecule has 0 saturated carbocycles. The summed E-state index contributed by atoms with van der Waals surface area (Å²) in [7, 11) is 1.42. The molecule has 1 amide bonds. The van der Waals surface area contributed by atoms with Crippen molar-refractivity contribution in [3.8, 4) is 17.3 Å². The van der Waals surface area contributed by atoms with Crippen LogP contribution in [0, 0.1) is 6.92 Å². The summed E-state index contributed by atoms with van der Waals surface area (Å²) in [6, 6.07) is 3.16. The molecule has 12 nitrogen and oxygen atoms in total.